The molecule has 0 spiro atoms. The van der Waals surface area contributed by atoms with E-state index in [0.29, 0.717) is 5.13 Å². The van der Waals surface area contributed by atoms with Gasteiger partial charge in [-0.05, 0) is 12.8 Å². The molecule has 1 saturated heterocycles. The van der Waals surface area contributed by atoms with Crippen LogP contribution in [0.5, 0.6) is 0 Å². The number of hydrogen-bond donors (Lipinski definition) is 2. The minimum atomic E-state index is -0.0914. The number of nitrogens with one attached hydrogen (secondary N) is 1. The summed E-state index contributed by atoms with van der Waals surface area (Å²) in [4.78, 5) is 18.2. The summed E-state index contributed by atoms with van der Waals surface area (Å²) < 4.78 is 0. The first-order valence-electron chi connectivity index (χ1n) is 4.91. The molecule has 1 fully saturated rings. The summed E-state index contributed by atoms with van der Waals surface area (Å²) in [5, 5.41) is 12.1. The van der Waals surface area contributed by atoms with Crippen molar-refractivity contribution < 1.29 is 9.90 Å². The third kappa shape index (κ3) is 2.45. The Morgan fingerprint density at radius 1 is 1.60 bits per heavy atom. The van der Waals surface area contributed by atoms with Crippen LogP contribution < -0.4 is 5.32 Å². The molecule has 0 radical (unpaired) electrons. The second-order valence-corrected chi connectivity index (χ2v) is 4.53. The lowest BCUT2D eigenvalue weighted by Crippen LogP contribution is -2.32. The Labute approximate surface area is 91.7 Å². The van der Waals surface area contributed by atoms with E-state index in [-0.39, 0.29) is 12.6 Å². The molecule has 0 aliphatic carbocycles. The van der Waals surface area contributed by atoms with Gasteiger partial charge in [0.1, 0.15) is 0 Å². The second-order valence-electron chi connectivity index (χ2n) is 3.41. The SMILES string of the molecule is O=C(Nc1ncc(CO)s1)N1CCCC1. The highest BCUT2D eigenvalue weighted by Gasteiger charge is 2.18. The van der Waals surface area contributed by atoms with Crippen molar-refractivity contribution >= 4 is 22.5 Å². The highest BCUT2D eigenvalue weighted by Crippen LogP contribution is 2.19. The zero-order valence-electron chi connectivity index (χ0n) is 8.27. The number of amides is 2. The lowest BCUT2D eigenvalue weighted by molar-refractivity contribution is 0.222. The van der Waals surface area contributed by atoms with Crippen LogP contribution in [-0.4, -0.2) is 34.1 Å². The number of aliphatic hydroxyl groups is 1. The van der Waals surface area contributed by atoms with Crippen molar-refractivity contribution in [2.75, 3.05) is 18.4 Å². The molecule has 82 valence electrons. The van der Waals surface area contributed by atoms with Crippen LogP contribution in [0, 0.1) is 0 Å². The van der Waals surface area contributed by atoms with Gasteiger partial charge in [-0.25, -0.2) is 9.78 Å². The quantitative estimate of drug-likeness (QED) is 0.799. The molecule has 2 heterocycles. The number of anilines is 1. The average Bonchev–Trinajstić information content (AvgIpc) is 2.87. The molecule has 6 heteroatoms. The number of thiazole rings is 1. The number of urea groups is 1. The molecule has 15 heavy (non-hydrogen) atoms. The summed E-state index contributed by atoms with van der Waals surface area (Å²) in [6, 6.07) is -0.0914. The molecule has 2 N–H and O–H groups in total. The molecule has 2 amide bonds. The maximum absolute atomic E-state index is 11.6. The van der Waals surface area contributed by atoms with E-state index in [0.717, 1.165) is 30.8 Å². The molecule has 1 aliphatic heterocycles. The summed E-state index contributed by atoms with van der Waals surface area (Å²) in [5.41, 5.74) is 0. The van der Waals surface area contributed by atoms with Gasteiger partial charge < -0.3 is 10.0 Å². The van der Waals surface area contributed by atoms with E-state index in [9.17, 15) is 4.79 Å². The van der Waals surface area contributed by atoms with Gasteiger partial charge in [0.15, 0.2) is 5.13 Å². The minimum absolute atomic E-state index is 0.0305. The molecule has 0 saturated carbocycles. The van der Waals surface area contributed by atoms with Gasteiger partial charge in [-0.1, -0.05) is 11.3 Å². The number of aliphatic hydroxyl groups excluding tert-OH is 1. The Hall–Kier alpha value is -1.14. The summed E-state index contributed by atoms with van der Waals surface area (Å²) in [5.74, 6) is 0. The van der Waals surface area contributed by atoms with Crippen LogP contribution >= 0.6 is 11.3 Å². The number of hydrogen-bond acceptors (Lipinski definition) is 4. The third-order valence-electron chi connectivity index (χ3n) is 2.32. The average molecular weight is 227 g/mol. The lowest BCUT2D eigenvalue weighted by Gasteiger charge is -2.14. The maximum Gasteiger partial charge on any atom is 0.323 e. The van der Waals surface area contributed by atoms with Gasteiger partial charge in [0.2, 0.25) is 0 Å². The maximum atomic E-state index is 11.6. The van der Waals surface area contributed by atoms with Crippen LogP contribution in [-0.2, 0) is 6.61 Å². The number of rotatable bonds is 2. The monoisotopic (exact) mass is 227 g/mol. The van der Waals surface area contributed by atoms with Crippen LogP contribution in [0.15, 0.2) is 6.20 Å². The van der Waals surface area contributed by atoms with Crippen molar-refractivity contribution in [3.63, 3.8) is 0 Å². The van der Waals surface area contributed by atoms with Crippen LogP contribution in [0.2, 0.25) is 0 Å². The van der Waals surface area contributed by atoms with Crippen molar-refractivity contribution in [1.29, 1.82) is 0 Å². The largest absolute Gasteiger partial charge is 0.391 e. The Bertz CT molecular complexity index is 347. The van der Waals surface area contributed by atoms with Crippen molar-refractivity contribution in [1.82, 2.24) is 9.88 Å². The van der Waals surface area contributed by atoms with E-state index >= 15 is 0 Å². The van der Waals surface area contributed by atoms with Gasteiger partial charge in [0, 0.05) is 19.3 Å². The molecule has 1 aromatic rings. The Morgan fingerprint density at radius 2 is 2.33 bits per heavy atom. The number of nitrogens with zero attached hydrogens (tertiary/aromatic N) is 2. The number of likely N-dealkylation sites (tertiary alicyclic amines) is 1. The van der Waals surface area contributed by atoms with Crippen molar-refractivity contribution in [2.24, 2.45) is 0 Å². The normalized spacial score (nSPS) is 15.7. The van der Waals surface area contributed by atoms with Crippen LogP contribution in [0.25, 0.3) is 0 Å². The van der Waals surface area contributed by atoms with E-state index in [2.05, 4.69) is 10.3 Å². The molecule has 5 nitrogen and oxygen atoms in total. The standard InChI is InChI=1S/C9H13N3O2S/c13-6-7-5-10-8(15-7)11-9(14)12-3-1-2-4-12/h5,13H,1-4,6H2,(H,10,11,14). The van der Waals surface area contributed by atoms with E-state index in [1.807, 2.05) is 0 Å². The summed E-state index contributed by atoms with van der Waals surface area (Å²) in [7, 11) is 0. The molecule has 0 aromatic carbocycles. The van der Waals surface area contributed by atoms with E-state index in [1.54, 1.807) is 11.1 Å². The first-order valence-corrected chi connectivity index (χ1v) is 5.73. The Balaban J connectivity index is 1.92. The zero-order valence-corrected chi connectivity index (χ0v) is 9.09. The first-order chi connectivity index (χ1) is 7.29. The molecular weight excluding hydrogens is 214 g/mol. The van der Waals surface area contributed by atoms with Crippen LogP contribution in [0.4, 0.5) is 9.93 Å². The summed E-state index contributed by atoms with van der Waals surface area (Å²) >= 11 is 1.30. The van der Waals surface area contributed by atoms with E-state index in [1.165, 1.54) is 11.3 Å². The summed E-state index contributed by atoms with van der Waals surface area (Å²) in [6.45, 7) is 1.62. The fourth-order valence-corrected chi connectivity index (χ4v) is 2.19. The number of carbonyl (C=O) groups excluding carboxylic acids is 1. The molecule has 0 atom stereocenters. The van der Waals surface area contributed by atoms with Gasteiger partial charge in [-0.2, -0.15) is 0 Å². The van der Waals surface area contributed by atoms with Gasteiger partial charge in [-0.15, -0.1) is 0 Å². The van der Waals surface area contributed by atoms with E-state index < -0.39 is 0 Å². The van der Waals surface area contributed by atoms with Gasteiger partial charge in [-0.3, -0.25) is 5.32 Å². The highest BCUT2D eigenvalue weighted by molar-refractivity contribution is 7.15. The van der Waals surface area contributed by atoms with Crippen LogP contribution in [0.3, 0.4) is 0 Å². The molecule has 1 aliphatic rings. The van der Waals surface area contributed by atoms with Crippen molar-refractivity contribution in [3.8, 4) is 0 Å². The third-order valence-corrected chi connectivity index (χ3v) is 3.21. The highest BCUT2D eigenvalue weighted by atomic mass is 32.1. The second kappa shape index (κ2) is 4.59. The fraction of sp³-hybridized carbons (Fsp3) is 0.556. The van der Waals surface area contributed by atoms with Gasteiger partial charge >= 0.3 is 6.03 Å². The van der Waals surface area contributed by atoms with Gasteiger partial charge in [0.05, 0.1) is 11.5 Å². The lowest BCUT2D eigenvalue weighted by atomic mass is 10.4. The fourth-order valence-electron chi connectivity index (χ4n) is 1.53. The Kier molecular flexibility index (Phi) is 3.17. The molecule has 0 unspecified atom stereocenters. The van der Waals surface area contributed by atoms with Crippen molar-refractivity contribution in [2.45, 2.75) is 19.4 Å². The molecule has 2 rings (SSSR count). The van der Waals surface area contributed by atoms with Crippen LogP contribution in [0.1, 0.15) is 17.7 Å². The summed E-state index contributed by atoms with van der Waals surface area (Å²) in [6.07, 6.45) is 3.73. The molecule has 1 aromatic heterocycles. The smallest absolute Gasteiger partial charge is 0.323 e. The predicted octanol–water partition coefficient (Wildman–Crippen LogP) is 1.26. The molecule has 0 bridgehead atoms. The molecular formula is C9H13N3O2S. The topological polar surface area (TPSA) is 65.5 Å². The predicted molar refractivity (Wildman–Crippen MR) is 57.9 cm³/mol. The van der Waals surface area contributed by atoms with Crippen molar-refractivity contribution in [3.05, 3.63) is 11.1 Å². The van der Waals surface area contributed by atoms with E-state index in [4.69, 9.17) is 5.11 Å². The first kappa shape index (κ1) is 10.4. The number of carbonyl (C=O) groups is 1. The Morgan fingerprint density at radius 3 is 2.93 bits per heavy atom. The zero-order chi connectivity index (χ0) is 10.7. The number of aromatic nitrogens is 1. The minimum Gasteiger partial charge on any atom is -0.391 e. The van der Waals surface area contributed by atoms with Gasteiger partial charge in [0.25, 0.3) is 0 Å².